The second-order valence-corrected chi connectivity index (χ2v) is 5.29. The molecule has 0 aliphatic rings. The lowest BCUT2D eigenvalue weighted by Gasteiger charge is -2.19. The van der Waals surface area contributed by atoms with Crippen molar-refractivity contribution in [3.8, 4) is 5.75 Å². The molecule has 21 heavy (non-hydrogen) atoms. The van der Waals surface area contributed by atoms with Gasteiger partial charge in [-0.2, -0.15) is 0 Å². The number of halogens is 1. The summed E-state index contributed by atoms with van der Waals surface area (Å²) in [6.07, 6.45) is 2.47. The minimum Gasteiger partial charge on any atom is -0.481 e. The Morgan fingerprint density at radius 2 is 2.29 bits per heavy atom. The zero-order valence-electron chi connectivity index (χ0n) is 12.6. The molecule has 5 heteroatoms. The van der Waals surface area contributed by atoms with Gasteiger partial charge in [0.2, 0.25) is 0 Å². The molecule has 1 aromatic rings. The maximum absolute atomic E-state index is 11.8. The van der Waals surface area contributed by atoms with E-state index in [4.69, 9.17) is 22.1 Å². The fraction of sp³-hybridized carbons (Fsp3) is 0.438. The van der Waals surface area contributed by atoms with Crippen LogP contribution in [0.25, 0.3) is 0 Å². The van der Waals surface area contributed by atoms with E-state index in [2.05, 4.69) is 11.9 Å². The van der Waals surface area contributed by atoms with Gasteiger partial charge in [0.15, 0.2) is 6.10 Å². The van der Waals surface area contributed by atoms with Crippen LogP contribution in [0.5, 0.6) is 5.75 Å². The molecule has 116 valence electrons. The van der Waals surface area contributed by atoms with Gasteiger partial charge in [0, 0.05) is 23.2 Å². The number of amides is 1. The molecule has 1 aromatic carbocycles. The molecule has 1 amide bonds. The lowest BCUT2D eigenvalue weighted by molar-refractivity contribution is -0.127. The van der Waals surface area contributed by atoms with Gasteiger partial charge in [-0.15, -0.1) is 6.58 Å². The van der Waals surface area contributed by atoms with Crippen LogP contribution < -0.4 is 15.8 Å². The summed E-state index contributed by atoms with van der Waals surface area (Å²) in [6, 6.07) is 5.42. The summed E-state index contributed by atoms with van der Waals surface area (Å²) < 4.78 is 5.74. The van der Waals surface area contributed by atoms with Crippen molar-refractivity contribution in [2.45, 2.75) is 38.8 Å². The van der Waals surface area contributed by atoms with E-state index in [-0.39, 0.29) is 11.9 Å². The van der Waals surface area contributed by atoms with Crippen molar-refractivity contribution in [1.29, 1.82) is 0 Å². The number of hydrogen-bond acceptors (Lipinski definition) is 3. The van der Waals surface area contributed by atoms with Crippen molar-refractivity contribution in [2.24, 2.45) is 5.73 Å². The van der Waals surface area contributed by atoms with Crippen LogP contribution in [0.2, 0.25) is 5.02 Å². The Hall–Kier alpha value is -1.52. The smallest absolute Gasteiger partial charge is 0.261 e. The first-order valence-corrected chi connectivity index (χ1v) is 7.45. The molecule has 0 aliphatic heterocycles. The summed E-state index contributed by atoms with van der Waals surface area (Å²) in [5.74, 6) is 0.410. The highest BCUT2D eigenvalue weighted by Gasteiger charge is 2.18. The van der Waals surface area contributed by atoms with E-state index < -0.39 is 6.10 Å². The number of nitrogens with two attached hydrogens (primary N) is 1. The first-order chi connectivity index (χ1) is 9.99. The summed E-state index contributed by atoms with van der Waals surface area (Å²) in [6.45, 7) is 7.69. The molecule has 0 saturated carbocycles. The van der Waals surface area contributed by atoms with E-state index >= 15 is 0 Å². The summed E-state index contributed by atoms with van der Waals surface area (Å²) in [4.78, 5) is 11.8. The number of benzene rings is 1. The first-order valence-electron chi connectivity index (χ1n) is 7.07. The Bertz CT molecular complexity index is 491. The van der Waals surface area contributed by atoms with Crippen LogP contribution in [0, 0.1) is 0 Å². The number of nitrogens with one attached hydrogen (secondary N) is 1. The lowest BCUT2D eigenvalue weighted by Crippen LogP contribution is -2.36. The van der Waals surface area contributed by atoms with Crippen molar-refractivity contribution in [3.63, 3.8) is 0 Å². The maximum atomic E-state index is 11.8. The summed E-state index contributed by atoms with van der Waals surface area (Å²) in [5, 5.41) is 3.31. The van der Waals surface area contributed by atoms with Crippen LogP contribution in [0.3, 0.4) is 0 Å². The molecule has 0 radical (unpaired) electrons. The van der Waals surface area contributed by atoms with Crippen LogP contribution in [0.15, 0.2) is 30.9 Å². The minimum atomic E-state index is -0.611. The molecule has 0 bridgehead atoms. The van der Waals surface area contributed by atoms with Crippen LogP contribution in [0.4, 0.5) is 0 Å². The van der Waals surface area contributed by atoms with Gasteiger partial charge in [0.05, 0.1) is 0 Å². The highest BCUT2D eigenvalue weighted by molar-refractivity contribution is 6.31. The van der Waals surface area contributed by atoms with Crippen molar-refractivity contribution in [2.75, 3.05) is 6.54 Å². The van der Waals surface area contributed by atoms with Gasteiger partial charge < -0.3 is 15.8 Å². The minimum absolute atomic E-state index is 0.0112. The van der Waals surface area contributed by atoms with Gasteiger partial charge in [0.25, 0.3) is 5.91 Å². The highest BCUT2D eigenvalue weighted by Crippen LogP contribution is 2.28. The average Bonchev–Trinajstić information content (AvgIpc) is 2.47. The largest absolute Gasteiger partial charge is 0.481 e. The average molecular weight is 311 g/mol. The van der Waals surface area contributed by atoms with Gasteiger partial charge in [-0.25, -0.2) is 0 Å². The Morgan fingerprint density at radius 3 is 2.90 bits per heavy atom. The molecule has 0 heterocycles. The third-order valence-corrected chi connectivity index (χ3v) is 3.51. The van der Waals surface area contributed by atoms with E-state index in [1.165, 1.54) is 0 Å². The van der Waals surface area contributed by atoms with Gasteiger partial charge >= 0.3 is 0 Å². The van der Waals surface area contributed by atoms with Crippen LogP contribution in [-0.4, -0.2) is 24.6 Å². The van der Waals surface area contributed by atoms with Crippen molar-refractivity contribution in [3.05, 3.63) is 41.4 Å². The normalized spacial score (nSPS) is 13.3. The molecule has 3 N–H and O–H groups in total. The molecule has 2 atom stereocenters. The molecule has 0 spiro atoms. The number of carbonyl (C=O) groups excluding carboxylic acids is 1. The summed E-state index contributed by atoms with van der Waals surface area (Å²) >= 11 is 6.23. The molecular weight excluding hydrogens is 288 g/mol. The predicted octanol–water partition coefficient (Wildman–Crippen LogP) is 2.69. The maximum Gasteiger partial charge on any atom is 0.261 e. The molecule has 0 aliphatic carbocycles. The number of carbonyl (C=O) groups is 1. The van der Waals surface area contributed by atoms with Crippen molar-refractivity contribution >= 4 is 17.5 Å². The quantitative estimate of drug-likeness (QED) is 0.726. The number of ether oxygens (including phenoxy) is 1. The zero-order valence-corrected chi connectivity index (χ0v) is 13.3. The van der Waals surface area contributed by atoms with Gasteiger partial charge in [-0.1, -0.05) is 30.7 Å². The fourth-order valence-electron chi connectivity index (χ4n) is 1.81. The molecule has 0 saturated heterocycles. The monoisotopic (exact) mass is 310 g/mol. The highest BCUT2D eigenvalue weighted by atomic mass is 35.5. The van der Waals surface area contributed by atoms with Crippen molar-refractivity contribution in [1.82, 2.24) is 5.32 Å². The SMILES string of the molecule is C=CCNC(=O)C(C)Oc1cccc(Cl)c1CC(N)CC. The molecule has 1 rings (SSSR count). The Balaban J connectivity index is 2.84. The van der Waals surface area contributed by atoms with Gasteiger partial charge in [-0.05, 0) is 31.9 Å². The van der Waals surface area contributed by atoms with Gasteiger partial charge in [0.1, 0.15) is 5.75 Å². The molecular formula is C16H23ClN2O2. The van der Waals surface area contributed by atoms with Crippen LogP contribution in [0.1, 0.15) is 25.8 Å². The van der Waals surface area contributed by atoms with E-state index in [0.29, 0.717) is 23.7 Å². The predicted molar refractivity (Wildman–Crippen MR) is 86.7 cm³/mol. The Morgan fingerprint density at radius 1 is 1.57 bits per heavy atom. The van der Waals surface area contributed by atoms with E-state index in [1.54, 1.807) is 31.2 Å². The standard InChI is InChI=1S/C16H23ClN2O2/c1-4-9-19-16(20)11(3)21-15-8-6-7-14(17)13(15)10-12(18)5-2/h4,6-8,11-12H,1,5,9-10,18H2,2-3H3,(H,19,20). The van der Waals surface area contributed by atoms with Crippen LogP contribution in [-0.2, 0) is 11.2 Å². The number of hydrogen-bond donors (Lipinski definition) is 2. The molecule has 0 aromatic heterocycles. The molecule has 0 fully saturated rings. The Labute approximate surface area is 131 Å². The third-order valence-electron chi connectivity index (χ3n) is 3.16. The lowest BCUT2D eigenvalue weighted by atomic mass is 10.0. The third kappa shape index (κ3) is 5.40. The van der Waals surface area contributed by atoms with Crippen molar-refractivity contribution < 1.29 is 9.53 Å². The topological polar surface area (TPSA) is 64.3 Å². The Kier molecular flexibility index (Phi) is 7.26. The van der Waals surface area contributed by atoms with E-state index in [1.807, 2.05) is 6.92 Å². The number of rotatable bonds is 8. The van der Waals surface area contributed by atoms with Crippen LogP contribution >= 0.6 is 11.6 Å². The molecule has 2 unspecified atom stereocenters. The summed E-state index contributed by atoms with van der Waals surface area (Å²) in [7, 11) is 0. The second-order valence-electron chi connectivity index (χ2n) is 4.88. The molecule has 4 nitrogen and oxygen atoms in total. The van der Waals surface area contributed by atoms with Gasteiger partial charge in [-0.3, -0.25) is 4.79 Å². The zero-order chi connectivity index (χ0) is 15.8. The van der Waals surface area contributed by atoms with E-state index in [9.17, 15) is 4.79 Å². The fourth-order valence-corrected chi connectivity index (χ4v) is 2.06. The first kappa shape index (κ1) is 17.5. The second kappa shape index (κ2) is 8.70. The summed E-state index contributed by atoms with van der Waals surface area (Å²) in [5.41, 5.74) is 6.84. The van der Waals surface area contributed by atoms with E-state index in [0.717, 1.165) is 12.0 Å².